The molecule has 0 radical (unpaired) electrons. The van der Waals surface area contributed by atoms with Gasteiger partial charge in [0, 0.05) is 3.92 Å². The topological polar surface area (TPSA) is 20.2 Å². The number of aliphatic hydroxyl groups is 1. The number of hydrogen-bond donors (Lipinski definition) is 1. The summed E-state index contributed by atoms with van der Waals surface area (Å²) in [7, 11) is 0. The van der Waals surface area contributed by atoms with Gasteiger partial charge in [0.15, 0.2) is 0 Å². The fourth-order valence-corrected chi connectivity index (χ4v) is 2.04. The number of rotatable bonds is 0. The first-order valence-electron chi connectivity index (χ1n) is 3.61. The average Bonchev–Trinajstić information content (AvgIpc) is 1.97. The van der Waals surface area contributed by atoms with Gasteiger partial charge < -0.3 is 5.11 Å². The third kappa shape index (κ3) is 2.85. The molecule has 0 amide bonds. The minimum Gasteiger partial charge on any atom is -0.393 e. The van der Waals surface area contributed by atoms with Gasteiger partial charge in [-0.3, -0.25) is 0 Å². The van der Waals surface area contributed by atoms with Crippen LogP contribution in [0.3, 0.4) is 0 Å². The molecule has 0 aromatic carbocycles. The van der Waals surface area contributed by atoms with Crippen LogP contribution in [0.2, 0.25) is 0 Å². The second-order valence-corrected chi connectivity index (χ2v) is 4.52. The number of halogens is 1. The minimum absolute atomic E-state index is 0.00441. The summed E-state index contributed by atoms with van der Waals surface area (Å²) < 4.78 is 0.819. The Bertz CT molecular complexity index is 75.0. The fraction of sp³-hybridized carbons (Fsp3) is 1.00. The van der Waals surface area contributed by atoms with Gasteiger partial charge in [-0.05, 0) is 32.1 Å². The van der Waals surface area contributed by atoms with Crippen LogP contribution in [-0.2, 0) is 0 Å². The van der Waals surface area contributed by atoms with Crippen LogP contribution in [-0.4, -0.2) is 15.1 Å². The molecule has 2 unspecified atom stereocenters. The Morgan fingerprint density at radius 3 is 2.67 bits per heavy atom. The van der Waals surface area contributed by atoms with Crippen molar-refractivity contribution in [3.05, 3.63) is 0 Å². The lowest BCUT2D eigenvalue weighted by Crippen LogP contribution is -2.03. The molecule has 54 valence electrons. The molecule has 1 saturated carbocycles. The predicted octanol–water partition coefficient (Wildman–Crippen LogP) is 2.12. The highest BCUT2D eigenvalue weighted by molar-refractivity contribution is 14.1. The summed E-state index contributed by atoms with van der Waals surface area (Å²) in [4.78, 5) is 0. The second-order valence-electron chi connectivity index (χ2n) is 2.76. The molecule has 0 bridgehead atoms. The van der Waals surface area contributed by atoms with Crippen LogP contribution in [0.25, 0.3) is 0 Å². The molecule has 1 nitrogen and oxygen atoms in total. The fourth-order valence-electron chi connectivity index (χ4n) is 1.24. The van der Waals surface area contributed by atoms with Gasteiger partial charge in [-0.15, -0.1) is 0 Å². The van der Waals surface area contributed by atoms with Crippen molar-refractivity contribution < 1.29 is 5.11 Å². The van der Waals surface area contributed by atoms with Gasteiger partial charge in [0.2, 0.25) is 0 Å². The monoisotopic (exact) mass is 240 g/mol. The van der Waals surface area contributed by atoms with E-state index in [-0.39, 0.29) is 6.10 Å². The Morgan fingerprint density at radius 1 is 1.11 bits per heavy atom. The molecule has 0 spiro atoms. The zero-order valence-corrected chi connectivity index (χ0v) is 7.67. The molecule has 1 rings (SSSR count). The smallest absolute Gasteiger partial charge is 0.0540 e. The zero-order chi connectivity index (χ0) is 6.69. The maximum Gasteiger partial charge on any atom is 0.0540 e. The molecule has 0 heterocycles. The first kappa shape index (κ1) is 7.79. The van der Waals surface area contributed by atoms with E-state index in [4.69, 9.17) is 0 Å². The van der Waals surface area contributed by atoms with Gasteiger partial charge in [-0.25, -0.2) is 0 Å². The summed E-state index contributed by atoms with van der Waals surface area (Å²) in [5.41, 5.74) is 0. The summed E-state index contributed by atoms with van der Waals surface area (Å²) in [6.45, 7) is 0. The molecule has 1 aliphatic rings. The van der Waals surface area contributed by atoms with Gasteiger partial charge in [-0.1, -0.05) is 22.6 Å². The van der Waals surface area contributed by atoms with Gasteiger partial charge in [0.05, 0.1) is 6.10 Å². The van der Waals surface area contributed by atoms with E-state index in [2.05, 4.69) is 22.6 Å². The van der Waals surface area contributed by atoms with Crippen molar-refractivity contribution in [2.75, 3.05) is 0 Å². The average molecular weight is 240 g/mol. The largest absolute Gasteiger partial charge is 0.393 e. The maximum absolute atomic E-state index is 9.20. The summed E-state index contributed by atoms with van der Waals surface area (Å²) in [5, 5.41) is 9.20. The minimum atomic E-state index is 0.00441. The molecule has 1 fully saturated rings. The second kappa shape index (κ2) is 3.76. The maximum atomic E-state index is 9.20. The lowest BCUT2D eigenvalue weighted by Gasteiger charge is -2.03. The van der Waals surface area contributed by atoms with Crippen molar-refractivity contribution in [1.29, 1.82) is 0 Å². The van der Waals surface area contributed by atoms with Crippen LogP contribution >= 0.6 is 22.6 Å². The summed E-state index contributed by atoms with van der Waals surface area (Å²) in [5.74, 6) is 0. The summed E-state index contributed by atoms with van der Waals surface area (Å²) in [6.07, 6.45) is 5.78. The standard InChI is InChI=1S/C7H13IO/c8-6-2-1-3-7(9)5-4-6/h6-7,9H,1-5H2. The molecular weight excluding hydrogens is 227 g/mol. The van der Waals surface area contributed by atoms with E-state index in [1.54, 1.807) is 0 Å². The first-order chi connectivity index (χ1) is 4.29. The normalized spacial score (nSPS) is 38.0. The third-order valence-electron chi connectivity index (χ3n) is 1.87. The lowest BCUT2D eigenvalue weighted by atomic mass is 10.2. The zero-order valence-electron chi connectivity index (χ0n) is 5.52. The van der Waals surface area contributed by atoms with E-state index >= 15 is 0 Å². The molecule has 0 aromatic heterocycles. The Morgan fingerprint density at radius 2 is 1.89 bits per heavy atom. The first-order valence-corrected chi connectivity index (χ1v) is 4.86. The van der Waals surface area contributed by atoms with Crippen LogP contribution < -0.4 is 0 Å². The Kier molecular flexibility index (Phi) is 3.26. The number of aliphatic hydroxyl groups excluding tert-OH is 1. The van der Waals surface area contributed by atoms with Crippen LogP contribution in [0.5, 0.6) is 0 Å². The van der Waals surface area contributed by atoms with Crippen molar-refractivity contribution in [1.82, 2.24) is 0 Å². The van der Waals surface area contributed by atoms with Gasteiger partial charge in [-0.2, -0.15) is 0 Å². The molecule has 0 saturated heterocycles. The molecular formula is C7H13IO. The van der Waals surface area contributed by atoms with E-state index in [9.17, 15) is 5.11 Å². The van der Waals surface area contributed by atoms with Crippen LogP contribution in [0.1, 0.15) is 32.1 Å². The SMILES string of the molecule is OC1CCCC(I)CC1. The highest BCUT2D eigenvalue weighted by atomic mass is 127. The highest BCUT2D eigenvalue weighted by Crippen LogP contribution is 2.23. The van der Waals surface area contributed by atoms with Crippen LogP contribution in [0, 0.1) is 0 Å². The van der Waals surface area contributed by atoms with E-state index in [1.165, 1.54) is 19.3 Å². The third-order valence-corrected chi connectivity index (χ3v) is 3.11. The Hall–Kier alpha value is 0.690. The molecule has 2 heteroatoms. The van der Waals surface area contributed by atoms with Gasteiger partial charge in [0.1, 0.15) is 0 Å². The molecule has 0 aliphatic heterocycles. The Balaban J connectivity index is 2.25. The molecule has 0 aromatic rings. The molecule has 1 aliphatic carbocycles. The van der Waals surface area contributed by atoms with E-state index in [1.807, 2.05) is 0 Å². The predicted molar refractivity (Wildman–Crippen MR) is 46.9 cm³/mol. The molecule has 2 atom stereocenters. The summed E-state index contributed by atoms with van der Waals surface area (Å²) in [6, 6.07) is 0. The highest BCUT2D eigenvalue weighted by Gasteiger charge is 2.13. The number of hydrogen-bond acceptors (Lipinski definition) is 1. The van der Waals surface area contributed by atoms with Crippen molar-refractivity contribution in [3.8, 4) is 0 Å². The van der Waals surface area contributed by atoms with E-state index < -0.39 is 0 Å². The van der Waals surface area contributed by atoms with Crippen LogP contribution in [0.15, 0.2) is 0 Å². The van der Waals surface area contributed by atoms with Gasteiger partial charge >= 0.3 is 0 Å². The Labute approximate surface area is 70.0 Å². The van der Waals surface area contributed by atoms with Crippen molar-refractivity contribution in [2.45, 2.75) is 42.1 Å². The summed E-state index contributed by atoms with van der Waals surface area (Å²) >= 11 is 2.48. The molecule has 9 heavy (non-hydrogen) atoms. The quantitative estimate of drug-likeness (QED) is 0.390. The lowest BCUT2D eigenvalue weighted by molar-refractivity contribution is 0.157. The van der Waals surface area contributed by atoms with E-state index in [0.29, 0.717) is 0 Å². The van der Waals surface area contributed by atoms with E-state index in [0.717, 1.165) is 16.8 Å². The van der Waals surface area contributed by atoms with Crippen molar-refractivity contribution in [2.24, 2.45) is 0 Å². The van der Waals surface area contributed by atoms with Crippen LogP contribution in [0.4, 0.5) is 0 Å². The molecule has 1 N–H and O–H groups in total. The van der Waals surface area contributed by atoms with Crippen molar-refractivity contribution >= 4 is 22.6 Å². The van der Waals surface area contributed by atoms with Crippen molar-refractivity contribution in [3.63, 3.8) is 0 Å². The number of alkyl halides is 1. The van der Waals surface area contributed by atoms with Gasteiger partial charge in [0.25, 0.3) is 0 Å².